The SMILES string of the molecule is CCCCOc1ccc(C2CCC(CC(Cl)C3CCC(CCC)CC3)CC2)nn1. The molecule has 1 aromatic heterocycles. The highest BCUT2D eigenvalue weighted by molar-refractivity contribution is 6.20. The lowest BCUT2D eigenvalue weighted by molar-refractivity contribution is 0.227. The minimum Gasteiger partial charge on any atom is -0.477 e. The van der Waals surface area contributed by atoms with E-state index in [4.69, 9.17) is 16.3 Å². The Kier molecular flexibility index (Phi) is 9.55. The molecule has 3 rings (SSSR count). The summed E-state index contributed by atoms with van der Waals surface area (Å²) in [6.07, 6.45) is 16.7. The molecule has 2 fully saturated rings. The lowest BCUT2D eigenvalue weighted by Gasteiger charge is -2.34. The number of halogens is 1. The van der Waals surface area contributed by atoms with Crippen LogP contribution >= 0.6 is 11.6 Å². The van der Waals surface area contributed by atoms with Crippen molar-refractivity contribution in [3.63, 3.8) is 0 Å². The fourth-order valence-electron chi connectivity index (χ4n) is 5.40. The Morgan fingerprint density at radius 3 is 2.28 bits per heavy atom. The summed E-state index contributed by atoms with van der Waals surface area (Å²) in [6.45, 7) is 5.21. The van der Waals surface area contributed by atoms with Crippen LogP contribution in [0.4, 0.5) is 0 Å². The highest BCUT2D eigenvalue weighted by atomic mass is 35.5. The third-order valence-electron chi connectivity index (χ3n) is 7.33. The van der Waals surface area contributed by atoms with Gasteiger partial charge >= 0.3 is 0 Å². The van der Waals surface area contributed by atoms with E-state index in [9.17, 15) is 0 Å². The van der Waals surface area contributed by atoms with Crippen molar-refractivity contribution in [2.24, 2.45) is 17.8 Å². The second kappa shape index (κ2) is 12.1. The molecule has 3 nitrogen and oxygen atoms in total. The summed E-state index contributed by atoms with van der Waals surface area (Å²) in [5, 5.41) is 9.13. The molecule has 2 aliphatic rings. The van der Waals surface area contributed by atoms with E-state index < -0.39 is 0 Å². The Morgan fingerprint density at radius 1 is 0.931 bits per heavy atom. The number of unbranched alkanes of at least 4 members (excludes halogenated alkanes) is 1. The molecular formula is C25H41ClN2O. The van der Waals surface area contributed by atoms with E-state index in [-0.39, 0.29) is 0 Å². The normalized spacial score (nSPS) is 28.8. The van der Waals surface area contributed by atoms with Gasteiger partial charge in [0, 0.05) is 17.4 Å². The van der Waals surface area contributed by atoms with Crippen LogP contribution in [0.1, 0.15) is 109 Å². The fourth-order valence-corrected chi connectivity index (χ4v) is 5.90. The number of nitrogens with zero attached hydrogens (tertiary/aromatic N) is 2. The summed E-state index contributed by atoms with van der Waals surface area (Å²) in [4.78, 5) is 0. The average Bonchev–Trinajstić information content (AvgIpc) is 2.76. The van der Waals surface area contributed by atoms with Gasteiger partial charge in [0.05, 0.1) is 12.3 Å². The first kappa shape index (κ1) is 22.8. The fraction of sp³-hybridized carbons (Fsp3) is 0.840. The summed E-state index contributed by atoms with van der Waals surface area (Å²) in [5.74, 6) is 3.75. The van der Waals surface area contributed by atoms with Gasteiger partial charge in [0.1, 0.15) is 0 Å². The number of ether oxygens (including phenoxy) is 1. The number of hydrogen-bond acceptors (Lipinski definition) is 3. The molecule has 0 amide bonds. The van der Waals surface area contributed by atoms with Crippen LogP contribution in [0.25, 0.3) is 0 Å². The van der Waals surface area contributed by atoms with E-state index >= 15 is 0 Å². The van der Waals surface area contributed by atoms with Crippen molar-refractivity contribution in [1.82, 2.24) is 10.2 Å². The molecule has 1 unspecified atom stereocenters. The minimum absolute atomic E-state index is 0.387. The van der Waals surface area contributed by atoms with Crippen LogP contribution in [0.2, 0.25) is 0 Å². The standard InChI is InChI=1S/C25H41ClN2O/c1-3-5-17-29-25-16-15-24(27-28-25)22-13-9-20(10-14-22)18-23(26)21-11-7-19(6-4-2)8-12-21/h15-16,19-23H,3-14,17-18H2,1-2H3. The molecule has 0 aromatic carbocycles. The van der Waals surface area contributed by atoms with Crippen LogP contribution in [0.5, 0.6) is 5.88 Å². The number of aromatic nitrogens is 2. The van der Waals surface area contributed by atoms with Gasteiger partial charge in [-0.1, -0.05) is 46.0 Å². The third kappa shape index (κ3) is 7.12. The van der Waals surface area contributed by atoms with E-state index in [1.807, 2.05) is 6.07 Å². The lowest BCUT2D eigenvalue weighted by Crippen LogP contribution is -2.25. The summed E-state index contributed by atoms with van der Waals surface area (Å²) >= 11 is 6.90. The van der Waals surface area contributed by atoms with E-state index in [1.54, 1.807) is 0 Å². The lowest BCUT2D eigenvalue weighted by atomic mass is 9.74. The number of hydrogen-bond donors (Lipinski definition) is 0. The van der Waals surface area contributed by atoms with Crippen molar-refractivity contribution >= 4 is 11.6 Å². The van der Waals surface area contributed by atoms with Gasteiger partial charge in [0.25, 0.3) is 0 Å². The molecule has 1 atom stereocenters. The molecule has 0 aliphatic heterocycles. The van der Waals surface area contributed by atoms with Crippen molar-refractivity contribution in [3.8, 4) is 5.88 Å². The van der Waals surface area contributed by atoms with Gasteiger partial charge in [0.15, 0.2) is 0 Å². The van der Waals surface area contributed by atoms with Crippen LogP contribution in [0, 0.1) is 17.8 Å². The van der Waals surface area contributed by atoms with Crippen LogP contribution in [-0.2, 0) is 0 Å². The maximum Gasteiger partial charge on any atom is 0.233 e. The van der Waals surface area contributed by atoms with E-state index in [1.165, 1.54) is 70.6 Å². The van der Waals surface area contributed by atoms with Crippen molar-refractivity contribution in [2.45, 2.75) is 109 Å². The minimum atomic E-state index is 0.387. The van der Waals surface area contributed by atoms with Gasteiger partial charge in [0.2, 0.25) is 5.88 Å². The van der Waals surface area contributed by atoms with E-state index in [0.29, 0.717) is 17.2 Å². The highest BCUT2D eigenvalue weighted by Gasteiger charge is 2.30. The molecule has 0 bridgehead atoms. The highest BCUT2D eigenvalue weighted by Crippen LogP contribution is 2.41. The van der Waals surface area contributed by atoms with E-state index in [0.717, 1.165) is 42.9 Å². The largest absolute Gasteiger partial charge is 0.477 e. The Morgan fingerprint density at radius 2 is 1.66 bits per heavy atom. The van der Waals surface area contributed by atoms with Crippen molar-refractivity contribution < 1.29 is 4.74 Å². The molecule has 0 radical (unpaired) electrons. The summed E-state index contributed by atoms with van der Waals surface area (Å²) < 4.78 is 5.64. The van der Waals surface area contributed by atoms with Crippen LogP contribution in [0.3, 0.4) is 0 Å². The number of rotatable bonds is 10. The molecule has 0 N–H and O–H groups in total. The predicted octanol–water partition coefficient (Wildman–Crippen LogP) is 7.53. The average molecular weight is 421 g/mol. The van der Waals surface area contributed by atoms with Gasteiger partial charge in [-0.3, -0.25) is 0 Å². The first-order valence-corrected chi connectivity index (χ1v) is 12.7. The predicted molar refractivity (Wildman–Crippen MR) is 122 cm³/mol. The van der Waals surface area contributed by atoms with Gasteiger partial charge in [-0.05, 0) is 75.2 Å². The van der Waals surface area contributed by atoms with Crippen molar-refractivity contribution in [2.75, 3.05) is 6.61 Å². The molecule has 1 heterocycles. The van der Waals surface area contributed by atoms with Crippen LogP contribution in [-0.4, -0.2) is 22.2 Å². The van der Waals surface area contributed by atoms with Gasteiger partial charge in [-0.25, -0.2) is 0 Å². The maximum absolute atomic E-state index is 6.90. The molecule has 2 saturated carbocycles. The molecule has 164 valence electrons. The molecule has 4 heteroatoms. The van der Waals surface area contributed by atoms with Gasteiger partial charge < -0.3 is 4.74 Å². The summed E-state index contributed by atoms with van der Waals surface area (Å²) in [6, 6.07) is 4.12. The summed E-state index contributed by atoms with van der Waals surface area (Å²) in [5.41, 5.74) is 1.14. The molecule has 2 aliphatic carbocycles. The van der Waals surface area contributed by atoms with Gasteiger partial charge in [-0.15, -0.1) is 16.7 Å². The monoisotopic (exact) mass is 420 g/mol. The molecule has 0 spiro atoms. The zero-order valence-corrected chi connectivity index (χ0v) is 19.4. The molecule has 0 saturated heterocycles. The topological polar surface area (TPSA) is 35.0 Å². The maximum atomic E-state index is 6.90. The third-order valence-corrected chi connectivity index (χ3v) is 7.87. The summed E-state index contributed by atoms with van der Waals surface area (Å²) in [7, 11) is 0. The van der Waals surface area contributed by atoms with Gasteiger partial charge in [-0.2, -0.15) is 5.10 Å². The molecule has 1 aromatic rings. The van der Waals surface area contributed by atoms with Crippen molar-refractivity contribution in [3.05, 3.63) is 17.8 Å². The number of alkyl halides is 1. The second-order valence-corrected chi connectivity index (χ2v) is 10.1. The zero-order valence-electron chi connectivity index (χ0n) is 18.6. The molecule has 29 heavy (non-hydrogen) atoms. The van der Waals surface area contributed by atoms with Crippen molar-refractivity contribution in [1.29, 1.82) is 0 Å². The van der Waals surface area contributed by atoms with Crippen LogP contribution in [0.15, 0.2) is 12.1 Å². The second-order valence-electron chi connectivity index (χ2n) is 9.54. The molecular weight excluding hydrogens is 380 g/mol. The Hall–Kier alpha value is -0.830. The van der Waals surface area contributed by atoms with E-state index in [2.05, 4.69) is 30.1 Å². The zero-order chi connectivity index (χ0) is 20.5. The first-order valence-electron chi connectivity index (χ1n) is 12.3. The Balaban J connectivity index is 1.38. The van der Waals surface area contributed by atoms with Crippen LogP contribution < -0.4 is 4.74 Å². The Labute approximate surface area is 183 Å². The smallest absolute Gasteiger partial charge is 0.233 e. The Bertz CT molecular complexity index is 563. The quantitative estimate of drug-likeness (QED) is 0.289. The first-order chi connectivity index (χ1) is 14.2.